The number of rotatable bonds is 5. The molecule has 0 saturated carbocycles. The maximum atomic E-state index is 11.2. The highest BCUT2D eigenvalue weighted by Crippen LogP contribution is 2.22. The lowest BCUT2D eigenvalue weighted by Gasteiger charge is -2.12. The quantitative estimate of drug-likeness (QED) is 0.510. The Morgan fingerprint density at radius 3 is 2.78 bits per heavy atom. The summed E-state index contributed by atoms with van der Waals surface area (Å²) in [6.07, 6.45) is 0. The van der Waals surface area contributed by atoms with Crippen LogP contribution < -0.4 is 5.32 Å². The Balaban J connectivity index is 2.69. The van der Waals surface area contributed by atoms with E-state index in [1.54, 1.807) is 13.0 Å². The number of carbonyl (C=O) groups excluding carboxylic acids is 1. The van der Waals surface area contributed by atoms with Crippen molar-refractivity contribution in [2.45, 2.75) is 19.5 Å². The molecule has 0 amide bonds. The predicted octanol–water partition coefficient (Wildman–Crippen LogP) is 2.01. The Hall–Kier alpha value is -1.47. The number of nitrogens with zero attached hydrogens (tertiary/aromatic N) is 1. The van der Waals surface area contributed by atoms with Gasteiger partial charge in [0.15, 0.2) is 0 Å². The van der Waals surface area contributed by atoms with Crippen molar-refractivity contribution in [2.75, 3.05) is 7.11 Å². The van der Waals surface area contributed by atoms with Crippen LogP contribution in [0.1, 0.15) is 12.5 Å². The molecule has 1 aromatic carbocycles. The topological polar surface area (TPSA) is 81.5 Å². The standard InChI is InChI=1S/C11H13BrN2O4/c1-7(11(15)18-2)13-6-8-3-4-9(14(16)17)5-10(8)12/h3-5,7,13H,6H2,1-2H3. The lowest BCUT2D eigenvalue weighted by Crippen LogP contribution is -2.34. The molecule has 1 rings (SSSR count). The average molecular weight is 317 g/mol. The monoisotopic (exact) mass is 316 g/mol. The normalized spacial score (nSPS) is 11.9. The largest absolute Gasteiger partial charge is 0.468 e. The van der Waals surface area contributed by atoms with Crippen LogP contribution in [0.2, 0.25) is 0 Å². The van der Waals surface area contributed by atoms with E-state index in [2.05, 4.69) is 26.0 Å². The molecule has 1 N–H and O–H groups in total. The molecule has 98 valence electrons. The molecule has 1 aromatic rings. The number of nitrogens with one attached hydrogen (secondary N) is 1. The predicted molar refractivity (Wildman–Crippen MR) is 69.1 cm³/mol. The van der Waals surface area contributed by atoms with Gasteiger partial charge in [0.05, 0.1) is 12.0 Å². The molecule has 0 heterocycles. The summed E-state index contributed by atoms with van der Waals surface area (Å²) in [4.78, 5) is 21.3. The van der Waals surface area contributed by atoms with Crippen LogP contribution in [0.25, 0.3) is 0 Å². The maximum absolute atomic E-state index is 11.2. The molecule has 6 nitrogen and oxygen atoms in total. The van der Waals surface area contributed by atoms with Gasteiger partial charge in [-0.05, 0) is 18.6 Å². The smallest absolute Gasteiger partial charge is 0.322 e. The molecule has 0 spiro atoms. The first-order chi connectivity index (χ1) is 8.45. The zero-order valence-corrected chi connectivity index (χ0v) is 11.6. The summed E-state index contributed by atoms with van der Waals surface area (Å²) in [5, 5.41) is 13.5. The third kappa shape index (κ3) is 3.78. The van der Waals surface area contributed by atoms with Gasteiger partial charge in [-0.2, -0.15) is 0 Å². The first-order valence-electron chi connectivity index (χ1n) is 5.19. The number of hydrogen-bond acceptors (Lipinski definition) is 5. The van der Waals surface area contributed by atoms with Crippen LogP contribution in [0.4, 0.5) is 5.69 Å². The highest BCUT2D eigenvalue weighted by atomic mass is 79.9. The van der Waals surface area contributed by atoms with Gasteiger partial charge in [-0.3, -0.25) is 14.9 Å². The van der Waals surface area contributed by atoms with E-state index >= 15 is 0 Å². The van der Waals surface area contributed by atoms with Crippen molar-refractivity contribution in [1.29, 1.82) is 0 Å². The van der Waals surface area contributed by atoms with Gasteiger partial charge in [0, 0.05) is 23.2 Å². The lowest BCUT2D eigenvalue weighted by atomic mass is 10.2. The SMILES string of the molecule is COC(=O)C(C)NCc1ccc([N+](=O)[O-])cc1Br. The summed E-state index contributed by atoms with van der Waals surface area (Å²) in [6.45, 7) is 2.10. The fraction of sp³-hybridized carbons (Fsp3) is 0.364. The zero-order chi connectivity index (χ0) is 13.7. The fourth-order valence-corrected chi connectivity index (χ4v) is 1.82. The van der Waals surface area contributed by atoms with E-state index in [1.807, 2.05) is 0 Å². The summed E-state index contributed by atoms with van der Waals surface area (Å²) in [5.41, 5.74) is 0.850. The molecule has 18 heavy (non-hydrogen) atoms. The second-order valence-corrected chi connectivity index (χ2v) is 4.51. The number of benzene rings is 1. The van der Waals surface area contributed by atoms with E-state index in [9.17, 15) is 14.9 Å². The third-order valence-corrected chi connectivity index (χ3v) is 3.14. The van der Waals surface area contributed by atoms with Crippen LogP contribution >= 0.6 is 15.9 Å². The molecule has 0 fully saturated rings. The number of ether oxygens (including phenoxy) is 1. The Kier molecular flexibility index (Phi) is 5.24. The second kappa shape index (κ2) is 6.46. The highest BCUT2D eigenvalue weighted by molar-refractivity contribution is 9.10. The zero-order valence-electron chi connectivity index (χ0n) is 9.97. The van der Waals surface area contributed by atoms with Gasteiger partial charge in [-0.25, -0.2) is 0 Å². The Morgan fingerprint density at radius 2 is 2.28 bits per heavy atom. The van der Waals surface area contributed by atoms with Crippen molar-refractivity contribution in [1.82, 2.24) is 5.32 Å². The Labute approximate surface area is 113 Å². The van der Waals surface area contributed by atoms with Crippen LogP contribution in [0.15, 0.2) is 22.7 Å². The molecular weight excluding hydrogens is 304 g/mol. The summed E-state index contributed by atoms with van der Waals surface area (Å²) < 4.78 is 5.20. The highest BCUT2D eigenvalue weighted by Gasteiger charge is 2.14. The second-order valence-electron chi connectivity index (χ2n) is 3.66. The van der Waals surface area contributed by atoms with Crippen molar-refractivity contribution >= 4 is 27.6 Å². The van der Waals surface area contributed by atoms with Crippen LogP contribution in [0, 0.1) is 10.1 Å². The number of methoxy groups -OCH3 is 1. The summed E-state index contributed by atoms with van der Waals surface area (Å²) >= 11 is 3.26. The third-order valence-electron chi connectivity index (χ3n) is 2.40. The first-order valence-corrected chi connectivity index (χ1v) is 5.99. The van der Waals surface area contributed by atoms with E-state index in [-0.39, 0.29) is 11.7 Å². The van der Waals surface area contributed by atoms with Crippen LogP contribution in [-0.4, -0.2) is 24.0 Å². The number of non-ortho nitro benzene ring substituents is 1. The Bertz CT molecular complexity index is 464. The fourth-order valence-electron chi connectivity index (χ4n) is 1.32. The molecule has 1 atom stereocenters. The molecule has 0 aliphatic rings. The van der Waals surface area contributed by atoms with Gasteiger partial charge < -0.3 is 10.1 Å². The summed E-state index contributed by atoms with van der Waals surface area (Å²) in [5.74, 6) is -0.354. The minimum Gasteiger partial charge on any atom is -0.468 e. The van der Waals surface area contributed by atoms with Gasteiger partial charge in [0.2, 0.25) is 0 Å². The van der Waals surface area contributed by atoms with E-state index in [1.165, 1.54) is 19.2 Å². The van der Waals surface area contributed by atoms with Crippen LogP contribution in [-0.2, 0) is 16.1 Å². The summed E-state index contributed by atoms with van der Waals surface area (Å²) in [6, 6.07) is 4.06. The first kappa shape index (κ1) is 14.6. The van der Waals surface area contributed by atoms with Crippen LogP contribution in [0.5, 0.6) is 0 Å². The number of carbonyl (C=O) groups is 1. The van der Waals surface area contributed by atoms with E-state index in [4.69, 9.17) is 0 Å². The molecule has 0 saturated heterocycles. The molecular formula is C11H13BrN2O4. The summed E-state index contributed by atoms with van der Waals surface area (Å²) in [7, 11) is 1.32. The van der Waals surface area contributed by atoms with Gasteiger partial charge in [0.25, 0.3) is 5.69 Å². The van der Waals surface area contributed by atoms with Crippen molar-refractivity contribution < 1.29 is 14.5 Å². The number of halogens is 1. The van der Waals surface area contributed by atoms with Gasteiger partial charge >= 0.3 is 5.97 Å². The number of hydrogen-bond donors (Lipinski definition) is 1. The molecule has 1 unspecified atom stereocenters. The molecule has 0 aliphatic heterocycles. The molecule has 0 bridgehead atoms. The minimum atomic E-state index is -0.459. The van der Waals surface area contributed by atoms with Crippen molar-refractivity contribution in [3.63, 3.8) is 0 Å². The minimum absolute atomic E-state index is 0.0200. The van der Waals surface area contributed by atoms with Gasteiger partial charge in [0.1, 0.15) is 6.04 Å². The number of nitro benzene ring substituents is 1. The van der Waals surface area contributed by atoms with Gasteiger partial charge in [-0.1, -0.05) is 15.9 Å². The molecule has 0 aliphatic carbocycles. The van der Waals surface area contributed by atoms with Crippen LogP contribution in [0.3, 0.4) is 0 Å². The van der Waals surface area contributed by atoms with Gasteiger partial charge in [-0.15, -0.1) is 0 Å². The average Bonchev–Trinajstić information content (AvgIpc) is 2.35. The van der Waals surface area contributed by atoms with Crippen molar-refractivity contribution in [3.8, 4) is 0 Å². The molecule has 0 radical (unpaired) electrons. The van der Waals surface area contributed by atoms with E-state index in [0.29, 0.717) is 11.0 Å². The number of nitro groups is 1. The lowest BCUT2D eigenvalue weighted by molar-refractivity contribution is -0.384. The van der Waals surface area contributed by atoms with Crippen molar-refractivity contribution in [2.24, 2.45) is 0 Å². The maximum Gasteiger partial charge on any atom is 0.322 e. The van der Waals surface area contributed by atoms with E-state index in [0.717, 1.165) is 5.56 Å². The molecule has 7 heteroatoms. The van der Waals surface area contributed by atoms with E-state index < -0.39 is 11.0 Å². The number of esters is 1. The Morgan fingerprint density at radius 1 is 1.61 bits per heavy atom. The molecule has 0 aromatic heterocycles. The van der Waals surface area contributed by atoms with Crippen molar-refractivity contribution in [3.05, 3.63) is 38.3 Å².